The van der Waals surface area contributed by atoms with Crippen LogP contribution in [0.25, 0.3) is 0 Å². The molecular formula is C19H21BrClNO4. The first-order valence-electron chi connectivity index (χ1n) is 8.01. The molecule has 0 bridgehead atoms. The molecule has 0 radical (unpaired) electrons. The number of nitrogens with one attached hydrogen (secondary N) is 1. The highest BCUT2D eigenvalue weighted by Crippen LogP contribution is 2.37. The molecule has 1 amide bonds. The maximum atomic E-state index is 12.7. The second-order valence-corrected chi connectivity index (χ2v) is 7.32. The molecule has 7 heteroatoms. The standard InChI is InChI=1S/C19H21BrClNO4/c1-11(2)10-26-18-14(21)7-12(8-17(18)25-4)19(23)22-15-9-13(20)5-6-16(15)24-3/h5-9,11H,10H2,1-4H3,(H,22,23). The average Bonchev–Trinajstić information content (AvgIpc) is 2.60. The lowest BCUT2D eigenvalue weighted by Crippen LogP contribution is -2.13. The summed E-state index contributed by atoms with van der Waals surface area (Å²) in [6.45, 7) is 4.57. The second kappa shape index (κ2) is 9.14. The summed E-state index contributed by atoms with van der Waals surface area (Å²) < 4.78 is 17.1. The van der Waals surface area contributed by atoms with Gasteiger partial charge in [0, 0.05) is 10.0 Å². The van der Waals surface area contributed by atoms with Gasteiger partial charge in [0.1, 0.15) is 5.75 Å². The van der Waals surface area contributed by atoms with Gasteiger partial charge >= 0.3 is 0 Å². The number of hydrogen-bond acceptors (Lipinski definition) is 4. The Labute approximate surface area is 166 Å². The SMILES string of the molecule is COc1ccc(Br)cc1NC(=O)c1cc(Cl)c(OCC(C)C)c(OC)c1. The van der Waals surface area contributed by atoms with Crippen LogP contribution in [0.1, 0.15) is 24.2 Å². The number of hydrogen-bond donors (Lipinski definition) is 1. The van der Waals surface area contributed by atoms with Crippen LogP contribution in [0.4, 0.5) is 5.69 Å². The van der Waals surface area contributed by atoms with Crippen LogP contribution < -0.4 is 19.5 Å². The van der Waals surface area contributed by atoms with Crippen LogP contribution >= 0.6 is 27.5 Å². The molecule has 5 nitrogen and oxygen atoms in total. The van der Waals surface area contributed by atoms with E-state index >= 15 is 0 Å². The van der Waals surface area contributed by atoms with Crippen LogP contribution in [0.2, 0.25) is 5.02 Å². The molecule has 0 saturated heterocycles. The largest absolute Gasteiger partial charge is 0.495 e. The van der Waals surface area contributed by atoms with Crippen molar-refractivity contribution < 1.29 is 19.0 Å². The van der Waals surface area contributed by atoms with E-state index < -0.39 is 0 Å². The van der Waals surface area contributed by atoms with Crippen molar-refractivity contribution in [3.63, 3.8) is 0 Å². The van der Waals surface area contributed by atoms with Crippen molar-refractivity contribution >= 4 is 39.1 Å². The normalized spacial score (nSPS) is 10.6. The van der Waals surface area contributed by atoms with E-state index in [0.29, 0.717) is 46.0 Å². The number of methoxy groups -OCH3 is 2. The van der Waals surface area contributed by atoms with Crippen molar-refractivity contribution in [2.75, 3.05) is 26.1 Å². The highest BCUT2D eigenvalue weighted by molar-refractivity contribution is 9.10. The second-order valence-electron chi connectivity index (χ2n) is 5.99. The Balaban J connectivity index is 2.29. The summed E-state index contributed by atoms with van der Waals surface area (Å²) in [6.07, 6.45) is 0. The zero-order chi connectivity index (χ0) is 19.3. The fourth-order valence-corrected chi connectivity index (χ4v) is 2.84. The molecule has 0 heterocycles. The Bertz CT molecular complexity index is 795. The third-order valence-electron chi connectivity index (χ3n) is 3.46. The molecule has 140 valence electrons. The Hall–Kier alpha value is -1.92. The van der Waals surface area contributed by atoms with Crippen LogP contribution in [-0.2, 0) is 0 Å². The lowest BCUT2D eigenvalue weighted by Gasteiger charge is -2.16. The van der Waals surface area contributed by atoms with E-state index in [-0.39, 0.29) is 5.91 Å². The molecule has 1 N–H and O–H groups in total. The van der Waals surface area contributed by atoms with E-state index in [1.807, 2.05) is 19.9 Å². The third kappa shape index (κ3) is 5.05. The molecule has 0 aliphatic rings. The number of carbonyl (C=O) groups excluding carboxylic acids is 1. The van der Waals surface area contributed by atoms with E-state index in [4.69, 9.17) is 25.8 Å². The Morgan fingerprint density at radius 1 is 1.15 bits per heavy atom. The number of halogens is 2. The fraction of sp³-hybridized carbons (Fsp3) is 0.316. The molecule has 2 aromatic rings. The van der Waals surface area contributed by atoms with Gasteiger partial charge in [-0.3, -0.25) is 4.79 Å². The monoisotopic (exact) mass is 441 g/mol. The van der Waals surface area contributed by atoms with Crippen LogP contribution in [-0.4, -0.2) is 26.7 Å². The molecule has 0 saturated carbocycles. The van der Waals surface area contributed by atoms with Crippen molar-refractivity contribution in [2.45, 2.75) is 13.8 Å². The molecule has 0 aromatic heterocycles. The average molecular weight is 443 g/mol. The number of anilines is 1. The molecule has 0 unspecified atom stereocenters. The maximum absolute atomic E-state index is 12.7. The molecule has 0 aliphatic carbocycles. The zero-order valence-electron chi connectivity index (χ0n) is 15.1. The zero-order valence-corrected chi connectivity index (χ0v) is 17.4. The molecule has 0 fully saturated rings. The molecule has 0 spiro atoms. The van der Waals surface area contributed by atoms with E-state index in [9.17, 15) is 4.79 Å². The minimum atomic E-state index is -0.336. The van der Waals surface area contributed by atoms with Gasteiger partial charge in [0.05, 0.1) is 31.5 Å². The van der Waals surface area contributed by atoms with Gasteiger partial charge in [-0.2, -0.15) is 0 Å². The number of benzene rings is 2. The van der Waals surface area contributed by atoms with Crippen molar-refractivity contribution in [1.29, 1.82) is 0 Å². The first-order valence-corrected chi connectivity index (χ1v) is 9.18. The van der Waals surface area contributed by atoms with Crippen molar-refractivity contribution in [3.8, 4) is 17.2 Å². The van der Waals surface area contributed by atoms with Crippen LogP contribution in [0.5, 0.6) is 17.2 Å². The van der Waals surface area contributed by atoms with Gasteiger partial charge in [0.15, 0.2) is 11.5 Å². The predicted molar refractivity (Wildman–Crippen MR) is 107 cm³/mol. The molecule has 0 aliphatic heterocycles. The van der Waals surface area contributed by atoms with Crippen LogP contribution in [0, 0.1) is 5.92 Å². The van der Waals surface area contributed by atoms with Gasteiger partial charge in [0.2, 0.25) is 0 Å². The van der Waals surface area contributed by atoms with Gasteiger partial charge in [0.25, 0.3) is 5.91 Å². The topological polar surface area (TPSA) is 56.8 Å². The number of ether oxygens (including phenoxy) is 3. The molecule has 0 atom stereocenters. The van der Waals surface area contributed by atoms with Gasteiger partial charge in [-0.15, -0.1) is 0 Å². The number of carbonyl (C=O) groups is 1. The molecular weight excluding hydrogens is 422 g/mol. The Morgan fingerprint density at radius 2 is 1.85 bits per heavy atom. The van der Waals surface area contributed by atoms with E-state index in [1.54, 1.807) is 31.4 Å². The minimum Gasteiger partial charge on any atom is -0.495 e. The minimum absolute atomic E-state index is 0.316. The number of rotatable bonds is 7. The van der Waals surface area contributed by atoms with E-state index in [1.165, 1.54) is 7.11 Å². The highest BCUT2D eigenvalue weighted by Gasteiger charge is 2.17. The predicted octanol–water partition coefficient (Wildman–Crippen LogP) is 5.41. The lowest BCUT2D eigenvalue weighted by atomic mass is 10.1. The van der Waals surface area contributed by atoms with E-state index in [2.05, 4.69) is 21.2 Å². The molecule has 2 aromatic carbocycles. The van der Waals surface area contributed by atoms with Gasteiger partial charge in [-0.25, -0.2) is 0 Å². The summed E-state index contributed by atoms with van der Waals surface area (Å²) in [6, 6.07) is 8.50. The highest BCUT2D eigenvalue weighted by atomic mass is 79.9. The Morgan fingerprint density at radius 3 is 2.46 bits per heavy atom. The summed E-state index contributed by atoms with van der Waals surface area (Å²) in [5, 5.41) is 3.13. The van der Waals surface area contributed by atoms with E-state index in [0.717, 1.165) is 4.47 Å². The Kier molecular flexibility index (Phi) is 7.17. The smallest absolute Gasteiger partial charge is 0.255 e. The van der Waals surface area contributed by atoms with Crippen molar-refractivity contribution in [1.82, 2.24) is 0 Å². The van der Waals surface area contributed by atoms with Gasteiger partial charge in [-0.05, 0) is 36.2 Å². The summed E-state index contributed by atoms with van der Waals surface area (Å²) in [7, 11) is 3.05. The quantitative estimate of drug-likeness (QED) is 0.623. The first kappa shape index (κ1) is 20.4. The van der Waals surface area contributed by atoms with Crippen molar-refractivity contribution in [3.05, 3.63) is 45.4 Å². The van der Waals surface area contributed by atoms with Gasteiger partial charge < -0.3 is 19.5 Å². The van der Waals surface area contributed by atoms with Crippen LogP contribution in [0.15, 0.2) is 34.8 Å². The summed E-state index contributed by atoms with van der Waals surface area (Å²) in [5.41, 5.74) is 0.896. The summed E-state index contributed by atoms with van der Waals surface area (Å²) in [4.78, 5) is 12.7. The maximum Gasteiger partial charge on any atom is 0.255 e. The number of amides is 1. The lowest BCUT2D eigenvalue weighted by molar-refractivity contribution is 0.102. The van der Waals surface area contributed by atoms with Crippen LogP contribution in [0.3, 0.4) is 0 Å². The van der Waals surface area contributed by atoms with Gasteiger partial charge in [-0.1, -0.05) is 41.4 Å². The molecule has 2 rings (SSSR count). The first-order chi connectivity index (χ1) is 12.3. The summed E-state index contributed by atoms with van der Waals surface area (Å²) >= 11 is 9.69. The third-order valence-corrected chi connectivity index (χ3v) is 4.24. The molecule has 26 heavy (non-hydrogen) atoms. The summed E-state index contributed by atoms with van der Waals surface area (Å²) in [5.74, 6) is 1.39. The van der Waals surface area contributed by atoms with Crippen molar-refractivity contribution in [2.24, 2.45) is 5.92 Å². The fourth-order valence-electron chi connectivity index (χ4n) is 2.21.